The number of nitrogens with two attached hydrogens (primary N) is 2. The third-order valence-electron chi connectivity index (χ3n) is 8.12. The molecule has 2 aliphatic rings. The van der Waals surface area contributed by atoms with Gasteiger partial charge < -0.3 is 21.3 Å². The molecule has 4 aromatic rings. The van der Waals surface area contributed by atoms with E-state index in [4.69, 9.17) is 34.7 Å². The van der Waals surface area contributed by atoms with Crippen molar-refractivity contribution in [3.05, 3.63) is 91.1 Å². The Hall–Kier alpha value is -4.01. The molecule has 0 bridgehead atoms. The number of carbonyl (C=O) groups is 2. The van der Waals surface area contributed by atoms with Crippen LogP contribution in [0.25, 0.3) is 0 Å². The minimum absolute atomic E-state index is 0.0245. The van der Waals surface area contributed by atoms with Crippen LogP contribution in [-0.2, 0) is 28.6 Å². The lowest BCUT2D eigenvalue weighted by Crippen LogP contribution is -2.35. The summed E-state index contributed by atoms with van der Waals surface area (Å²) in [4.78, 5) is 43.7. The van der Waals surface area contributed by atoms with E-state index in [-0.39, 0.29) is 29.1 Å². The average molecular weight is 780 g/mol. The van der Waals surface area contributed by atoms with E-state index in [9.17, 15) is 22.8 Å². The van der Waals surface area contributed by atoms with Crippen LogP contribution in [0.15, 0.2) is 53.3 Å². The standard InChI is InChI=1S/C17H16ClF3N4O.C16H16BrClN4O/c18-14-8-12(17(19,20)21)2-1-10(14)7-11-9-23-16(22)24-15(11)25-5-3-13(26)4-6-25;17-12-2-1-10(14(18)8-12)7-11-9-20-16(19)21-15(11)22-5-3-13(23)4-6-22/h1-2,8-9H,3-7H2,(H2,22,23,24);1-2,8-9H,3-7H2,(H2,19,20,21). The Labute approximate surface area is 299 Å². The number of rotatable bonds is 6. The Morgan fingerprint density at radius 1 is 0.694 bits per heavy atom. The van der Waals surface area contributed by atoms with E-state index in [0.717, 1.165) is 33.6 Å². The van der Waals surface area contributed by atoms with Crippen molar-refractivity contribution < 1.29 is 22.8 Å². The third-order valence-corrected chi connectivity index (χ3v) is 9.32. The van der Waals surface area contributed by atoms with Gasteiger partial charge in [-0.15, -0.1) is 0 Å². The van der Waals surface area contributed by atoms with E-state index in [2.05, 4.69) is 40.8 Å². The molecule has 6 rings (SSSR count). The fourth-order valence-corrected chi connectivity index (χ4v) is 6.48. The topological polar surface area (TPSA) is 144 Å². The number of Topliss-reactive ketones (excluding diaryl/α,β-unsaturated/α-hetero) is 2. The number of nitrogen functional groups attached to an aromatic ring is 2. The molecular weight excluding hydrogens is 748 g/mol. The van der Waals surface area contributed by atoms with Crippen LogP contribution < -0.4 is 21.3 Å². The highest BCUT2D eigenvalue weighted by Gasteiger charge is 2.31. The van der Waals surface area contributed by atoms with E-state index in [0.29, 0.717) is 86.0 Å². The molecule has 0 atom stereocenters. The Bertz CT molecular complexity index is 1840. The summed E-state index contributed by atoms with van der Waals surface area (Å²) < 4.78 is 39.3. The van der Waals surface area contributed by atoms with Crippen LogP contribution in [0.4, 0.5) is 36.7 Å². The lowest BCUT2D eigenvalue weighted by Gasteiger charge is -2.28. The van der Waals surface area contributed by atoms with Crippen molar-refractivity contribution in [2.75, 3.05) is 47.4 Å². The zero-order valence-corrected chi connectivity index (χ0v) is 29.2. The molecule has 258 valence electrons. The molecule has 2 aromatic carbocycles. The maximum Gasteiger partial charge on any atom is 0.416 e. The second-order valence-electron chi connectivity index (χ2n) is 11.6. The number of hydrogen-bond donors (Lipinski definition) is 2. The highest BCUT2D eigenvalue weighted by Crippen LogP contribution is 2.34. The second-order valence-corrected chi connectivity index (χ2v) is 13.3. The molecule has 0 spiro atoms. The summed E-state index contributed by atoms with van der Waals surface area (Å²) in [5, 5.41) is 0.715. The Balaban J connectivity index is 0.000000192. The number of carbonyl (C=O) groups excluding carboxylic acids is 2. The molecule has 2 aromatic heterocycles. The van der Waals surface area contributed by atoms with Gasteiger partial charge in [-0.1, -0.05) is 51.3 Å². The number of piperidine rings is 2. The number of aromatic nitrogens is 4. The van der Waals surface area contributed by atoms with Gasteiger partial charge in [0.1, 0.15) is 23.2 Å². The first kappa shape index (κ1) is 36.3. The van der Waals surface area contributed by atoms with Gasteiger partial charge in [0, 0.05) is 103 Å². The number of ketones is 2. The number of benzene rings is 2. The van der Waals surface area contributed by atoms with Crippen molar-refractivity contribution in [2.24, 2.45) is 0 Å². The van der Waals surface area contributed by atoms with Gasteiger partial charge in [-0.2, -0.15) is 23.1 Å². The first-order valence-corrected chi connectivity index (χ1v) is 16.9. The van der Waals surface area contributed by atoms with Gasteiger partial charge >= 0.3 is 6.18 Å². The normalized spacial score (nSPS) is 15.2. The van der Waals surface area contributed by atoms with Crippen LogP contribution in [-0.4, -0.2) is 57.7 Å². The van der Waals surface area contributed by atoms with Crippen LogP contribution in [0, 0.1) is 0 Å². The Kier molecular flexibility index (Phi) is 11.6. The summed E-state index contributed by atoms with van der Waals surface area (Å²) >= 11 is 15.8. The molecule has 16 heteroatoms. The molecule has 2 fully saturated rings. The van der Waals surface area contributed by atoms with E-state index in [1.807, 2.05) is 23.1 Å². The second kappa shape index (κ2) is 15.7. The van der Waals surface area contributed by atoms with E-state index in [1.165, 1.54) is 6.07 Å². The summed E-state index contributed by atoms with van der Waals surface area (Å²) in [6, 6.07) is 9.07. The largest absolute Gasteiger partial charge is 0.416 e. The van der Waals surface area contributed by atoms with Gasteiger partial charge in [0.2, 0.25) is 11.9 Å². The first-order valence-electron chi connectivity index (χ1n) is 15.3. The van der Waals surface area contributed by atoms with Crippen LogP contribution in [0.3, 0.4) is 0 Å². The fraction of sp³-hybridized carbons (Fsp3) is 0.333. The minimum atomic E-state index is -4.45. The zero-order valence-electron chi connectivity index (χ0n) is 26.1. The Morgan fingerprint density at radius 2 is 1.12 bits per heavy atom. The first-order chi connectivity index (χ1) is 23.3. The van der Waals surface area contributed by atoms with Crippen LogP contribution >= 0.6 is 39.1 Å². The zero-order chi connectivity index (χ0) is 35.3. The molecule has 2 aliphatic heterocycles. The summed E-state index contributed by atoms with van der Waals surface area (Å²) in [6.07, 6.45) is 1.65. The number of anilines is 4. The SMILES string of the molecule is Nc1ncc(Cc2ccc(Br)cc2Cl)c(N2CCC(=O)CC2)n1.Nc1ncc(Cc2ccc(C(F)(F)F)cc2Cl)c(N2CCC(=O)CC2)n1. The highest BCUT2D eigenvalue weighted by molar-refractivity contribution is 9.10. The molecule has 0 radical (unpaired) electrons. The van der Waals surface area contributed by atoms with Gasteiger partial charge in [0.15, 0.2) is 0 Å². The number of halogens is 6. The van der Waals surface area contributed by atoms with Crippen LogP contribution in [0.5, 0.6) is 0 Å². The molecule has 0 saturated carbocycles. The Morgan fingerprint density at radius 3 is 1.53 bits per heavy atom. The van der Waals surface area contributed by atoms with Gasteiger partial charge in [0.05, 0.1) is 5.56 Å². The van der Waals surface area contributed by atoms with Crippen molar-refractivity contribution in [3.63, 3.8) is 0 Å². The van der Waals surface area contributed by atoms with Crippen molar-refractivity contribution in [3.8, 4) is 0 Å². The highest BCUT2D eigenvalue weighted by atomic mass is 79.9. The van der Waals surface area contributed by atoms with Gasteiger partial charge in [-0.05, 0) is 35.4 Å². The van der Waals surface area contributed by atoms with Gasteiger partial charge in [-0.25, -0.2) is 9.97 Å². The third kappa shape index (κ3) is 9.58. The monoisotopic (exact) mass is 778 g/mol. The molecule has 49 heavy (non-hydrogen) atoms. The molecule has 10 nitrogen and oxygen atoms in total. The average Bonchev–Trinajstić information content (AvgIpc) is 3.05. The van der Waals surface area contributed by atoms with Crippen LogP contribution in [0.2, 0.25) is 10.0 Å². The molecule has 0 amide bonds. The number of hydrogen-bond acceptors (Lipinski definition) is 10. The number of alkyl halides is 3. The lowest BCUT2D eigenvalue weighted by atomic mass is 10.0. The van der Waals surface area contributed by atoms with Crippen LogP contribution in [0.1, 0.15) is 53.5 Å². The maximum absolute atomic E-state index is 12.8. The predicted molar refractivity (Wildman–Crippen MR) is 187 cm³/mol. The lowest BCUT2D eigenvalue weighted by molar-refractivity contribution is -0.137. The fourth-order valence-electron chi connectivity index (χ4n) is 5.50. The quantitative estimate of drug-likeness (QED) is 0.216. The molecular formula is C33H32BrCl2F3N8O2. The minimum Gasteiger partial charge on any atom is -0.368 e. The summed E-state index contributed by atoms with van der Waals surface area (Å²) in [5.74, 6) is 2.20. The van der Waals surface area contributed by atoms with Crippen molar-refractivity contribution in [1.29, 1.82) is 0 Å². The molecule has 2 saturated heterocycles. The molecule has 4 N–H and O–H groups in total. The molecule has 0 aliphatic carbocycles. The van der Waals surface area contributed by atoms with E-state index in [1.54, 1.807) is 12.4 Å². The van der Waals surface area contributed by atoms with Crippen molar-refractivity contribution in [1.82, 2.24) is 19.9 Å². The van der Waals surface area contributed by atoms with E-state index < -0.39 is 11.7 Å². The van der Waals surface area contributed by atoms with Crippen molar-refractivity contribution in [2.45, 2.75) is 44.7 Å². The van der Waals surface area contributed by atoms with E-state index >= 15 is 0 Å². The summed E-state index contributed by atoms with van der Waals surface area (Å²) in [5.41, 5.74) is 13.8. The summed E-state index contributed by atoms with van der Waals surface area (Å²) in [6.45, 7) is 2.36. The number of nitrogens with zero attached hydrogens (tertiary/aromatic N) is 6. The molecule has 4 heterocycles. The molecule has 0 unspecified atom stereocenters. The van der Waals surface area contributed by atoms with Crippen molar-refractivity contribution >= 4 is 74.2 Å². The predicted octanol–water partition coefficient (Wildman–Crippen LogP) is 6.73. The smallest absolute Gasteiger partial charge is 0.368 e. The summed E-state index contributed by atoms with van der Waals surface area (Å²) in [7, 11) is 0. The van der Waals surface area contributed by atoms with Gasteiger partial charge in [0.25, 0.3) is 0 Å². The van der Waals surface area contributed by atoms with Gasteiger partial charge in [-0.3, -0.25) is 9.59 Å². The maximum atomic E-state index is 12.8.